The molecule has 1 aliphatic rings. The molecule has 7 nitrogen and oxygen atoms in total. The van der Waals surface area contributed by atoms with Crippen LogP contribution in [0.5, 0.6) is 0 Å². The fraction of sp³-hybridized carbons (Fsp3) is 0.815. The zero-order chi connectivity index (χ0) is 26.4. The van der Waals surface area contributed by atoms with Gasteiger partial charge in [-0.25, -0.2) is 4.79 Å². The van der Waals surface area contributed by atoms with Crippen molar-refractivity contribution < 1.29 is 19.1 Å². The maximum Gasteiger partial charge on any atom is 0.333 e. The molecule has 3 atom stereocenters. The number of piperidine rings is 1. The number of nitrogens with zero attached hydrogens (tertiary/aromatic N) is 2. The molecular weight excluding hydrogens is 430 g/mol. The number of likely N-dealkylation sites (N-methyl/N-ethyl adjacent to an activating group) is 1. The summed E-state index contributed by atoms with van der Waals surface area (Å²) in [5.41, 5.74) is -0.137. The molecule has 0 aromatic rings. The van der Waals surface area contributed by atoms with Crippen LogP contribution in [0.2, 0.25) is 0 Å². The van der Waals surface area contributed by atoms with Crippen molar-refractivity contribution in [1.29, 1.82) is 0 Å². The Balaban J connectivity index is 3.19. The minimum absolute atomic E-state index is 0.0735. The lowest BCUT2D eigenvalue weighted by Crippen LogP contribution is -2.62. The van der Waals surface area contributed by atoms with Crippen LogP contribution >= 0.6 is 0 Å². The van der Waals surface area contributed by atoms with E-state index in [4.69, 9.17) is 4.74 Å². The second-order valence-electron chi connectivity index (χ2n) is 11.9. The first-order valence-corrected chi connectivity index (χ1v) is 12.7. The van der Waals surface area contributed by atoms with E-state index in [2.05, 4.69) is 31.0 Å². The van der Waals surface area contributed by atoms with E-state index < -0.39 is 11.5 Å². The van der Waals surface area contributed by atoms with E-state index in [9.17, 15) is 14.4 Å². The number of ether oxygens (including phenoxy) is 1. The first-order chi connectivity index (χ1) is 15.5. The Bertz CT molecular complexity index is 746. The molecule has 1 rings (SSSR count). The van der Waals surface area contributed by atoms with Gasteiger partial charge in [-0.1, -0.05) is 47.1 Å². The molecule has 1 N–H and O–H groups in total. The van der Waals surface area contributed by atoms with Crippen molar-refractivity contribution in [1.82, 2.24) is 15.1 Å². The monoisotopic (exact) mass is 479 g/mol. The third-order valence-corrected chi connectivity index (χ3v) is 6.56. The van der Waals surface area contributed by atoms with E-state index >= 15 is 0 Å². The smallest absolute Gasteiger partial charge is 0.333 e. The zero-order valence-corrected chi connectivity index (χ0v) is 23.4. The molecule has 0 aromatic heterocycles. The molecule has 0 bridgehead atoms. The highest BCUT2D eigenvalue weighted by Crippen LogP contribution is 2.28. The van der Waals surface area contributed by atoms with Crippen LogP contribution in [0.4, 0.5) is 0 Å². The predicted octanol–water partition coefficient (Wildman–Crippen LogP) is 4.16. The molecule has 1 fully saturated rings. The second kappa shape index (κ2) is 12.2. The molecule has 1 aliphatic heterocycles. The van der Waals surface area contributed by atoms with Crippen LogP contribution in [-0.2, 0) is 19.1 Å². The summed E-state index contributed by atoms with van der Waals surface area (Å²) in [5, 5.41) is 3.12. The number of rotatable bonds is 8. The summed E-state index contributed by atoms with van der Waals surface area (Å²) in [7, 11) is 1.74. The van der Waals surface area contributed by atoms with Gasteiger partial charge in [-0.15, -0.1) is 0 Å². The Morgan fingerprint density at radius 2 is 1.71 bits per heavy atom. The van der Waals surface area contributed by atoms with Crippen molar-refractivity contribution in [2.75, 3.05) is 20.2 Å². The predicted molar refractivity (Wildman–Crippen MR) is 137 cm³/mol. The fourth-order valence-corrected chi connectivity index (χ4v) is 4.57. The second-order valence-corrected chi connectivity index (χ2v) is 11.9. The molecule has 2 amide bonds. The van der Waals surface area contributed by atoms with E-state index in [0.29, 0.717) is 12.2 Å². The normalized spacial score (nSPS) is 20.0. The van der Waals surface area contributed by atoms with Crippen LogP contribution in [0.15, 0.2) is 11.6 Å². The third kappa shape index (κ3) is 8.10. The molecule has 196 valence electrons. The van der Waals surface area contributed by atoms with Gasteiger partial charge in [-0.2, -0.15) is 0 Å². The van der Waals surface area contributed by atoms with Gasteiger partial charge >= 0.3 is 5.97 Å². The molecular formula is C27H49N3O4. The number of hydrogen-bond donors (Lipinski definition) is 1. The summed E-state index contributed by atoms with van der Waals surface area (Å²) < 4.78 is 5.11. The Labute approximate surface area is 207 Å². The quantitative estimate of drug-likeness (QED) is 0.418. The molecule has 34 heavy (non-hydrogen) atoms. The maximum absolute atomic E-state index is 13.8. The van der Waals surface area contributed by atoms with E-state index in [-0.39, 0.29) is 41.3 Å². The molecule has 1 saturated heterocycles. The first-order valence-electron chi connectivity index (χ1n) is 12.7. The molecule has 7 heteroatoms. The van der Waals surface area contributed by atoms with Gasteiger partial charge in [0.25, 0.3) is 0 Å². The number of amides is 2. The molecule has 0 unspecified atom stereocenters. The molecule has 1 heterocycles. The molecule has 0 aromatic carbocycles. The Morgan fingerprint density at radius 3 is 2.18 bits per heavy atom. The lowest BCUT2D eigenvalue weighted by molar-refractivity contribution is -0.142. The van der Waals surface area contributed by atoms with Gasteiger partial charge in [0.1, 0.15) is 6.04 Å². The van der Waals surface area contributed by atoms with E-state index in [1.54, 1.807) is 31.9 Å². The summed E-state index contributed by atoms with van der Waals surface area (Å²) >= 11 is 0. The van der Waals surface area contributed by atoms with Crippen LogP contribution in [-0.4, -0.2) is 71.4 Å². The van der Waals surface area contributed by atoms with Gasteiger partial charge in [0.05, 0.1) is 18.7 Å². The maximum atomic E-state index is 13.8. The van der Waals surface area contributed by atoms with Gasteiger partial charge < -0.3 is 15.0 Å². The highest BCUT2D eigenvalue weighted by molar-refractivity contribution is 5.91. The van der Waals surface area contributed by atoms with Gasteiger partial charge in [0.2, 0.25) is 11.8 Å². The van der Waals surface area contributed by atoms with Gasteiger partial charge in [-0.3, -0.25) is 14.5 Å². The third-order valence-electron chi connectivity index (χ3n) is 6.56. The minimum atomic E-state index is -0.689. The average Bonchev–Trinajstić information content (AvgIpc) is 2.72. The Kier molecular flexibility index (Phi) is 10.8. The number of carbonyl (C=O) groups excluding carboxylic acids is 3. The van der Waals surface area contributed by atoms with Gasteiger partial charge in [0.15, 0.2) is 0 Å². The first kappa shape index (κ1) is 30.1. The van der Waals surface area contributed by atoms with Crippen molar-refractivity contribution >= 4 is 17.8 Å². The largest absolute Gasteiger partial charge is 0.463 e. The highest BCUT2D eigenvalue weighted by atomic mass is 16.5. The van der Waals surface area contributed by atoms with Crippen LogP contribution in [0.1, 0.15) is 88.5 Å². The van der Waals surface area contributed by atoms with Gasteiger partial charge in [0, 0.05) is 18.2 Å². The number of likely N-dealkylation sites (tertiary alicyclic amines) is 1. The summed E-state index contributed by atoms with van der Waals surface area (Å²) in [5.74, 6) is -0.556. The van der Waals surface area contributed by atoms with E-state index in [1.807, 2.05) is 34.6 Å². The molecule has 0 aliphatic carbocycles. The molecule has 0 saturated carbocycles. The number of nitrogens with one attached hydrogen (secondary N) is 1. The number of hydrogen-bond acceptors (Lipinski definition) is 5. The van der Waals surface area contributed by atoms with Gasteiger partial charge in [-0.05, 0) is 65.3 Å². The van der Waals surface area contributed by atoms with Crippen molar-refractivity contribution in [2.45, 2.75) is 112 Å². The van der Waals surface area contributed by atoms with E-state index in [1.165, 1.54) is 0 Å². The Hall–Kier alpha value is -1.89. The minimum Gasteiger partial charge on any atom is -0.463 e. The summed E-state index contributed by atoms with van der Waals surface area (Å²) in [6, 6.07) is -1.24. The SMILES string of the molecule is CCOC(=O)/C(C)=C/[C@H](C(C)C)N(C)C(=O)[C@@H](NC(=O)[C@@H]1CCCCN1C(C)(C)C)C(C)(C)C. The number of esters is 1. The van der Waals surface area contributed by atoms with Crippen LogP contribution in [0, 0.1) is 11.3 Å². The van der Waals surface area contributed by atoms with Crippen molar-refractivity contribution in [3.63, 3.8) is 0 Å². The van der Waals surface area contributed by atoms with Crippen molar-refractivity contribution in [2.24, 2.45) is 11.3 Å². The highest BCUT2D eigenvalue weighted by Gasteiger charge is 2.41. The Morgan fingerprint density at radius 1 is 1.12 bits per heavy atom. The summed E-state index contributed by atoms with van der Waals surface area (Å²) in [4.78, 5) is 43.3. The molecule has 0 radical (unpaired) electrons. The van der Waals surface area contributed by atoms with Crippen LogP contribution in [0.25, 0.3) is 0 Å². The lowest BCUT2D eigenvalue weighted by atomic mass is 9.84. The summed E-state index contributed by atoms with van der Waals surface area (Å²) in [6.45, 7) is 21.0. The standard InChI is InChI=1S/C27H49N3O4/c1-12-34-25(33)19(4)17-21(18(2)3)29(11)24(32)22(26(5,6)7)28-23(31)20-15-13-14-16-30(20)27(8,9)10/h17-18,20-22H,12-16H2,1-11H3,(H,28,31)/b19-17+/t20-,21+,22+/m0/s1. The average molecular weight is 480 g/mol. The fourth-order valence-electron chi connectivity index (χ4n) is 4.57. The summed E-state index contributed by atoms with van der Waals surface area (Å²) in [6.07, 6.45) is 4.67. The van der Waals surface area contributed by atoms with Crippen molar-refractivity contribution in [3.8, 4) is 0 Å². The topological polar surface area (TPSA) is 79.0 Å². The van der Waals surface area contributed by atoms with E-state index in [0.717, 1.165) is 25.8 Å². The lowest BCUT2D eigenvalue weighted by Gasteiger charge is -2.45. The number of carbonyl (C=O) groups is 3. The van der Waals surface area contributed by atoms with Crippen LogP contribution in [0.3, 0.4) is 0 Å². The van der Waals surface area contributed by atoms with Crippen molar-refractivity contribution in [3.05, 3.63) is 11.6 Å². The van der Waals surface area contributed by atoms with Crippen LogP contribution < -0.4 is 5.32 Å². The zero-order valence-electron chi connectivity index (χ0n) is 23.4. The molecule has 0 spiro atoms.